The van der Waals surface area contributed by atoms with Gasteiger partial charge in [0.05, 0.1) is 6.10 Å². The number of alkyl halides is 1. The van der Waals surface area contributed by atoms with Crippen molar-refractivity contribution in [2.45, 2.75) is 75.7 Å². The number of hydrogen-bond donors (Lipinski definition) is 1. The standard InChI is InChI=1S/C34H35F3I2N5O3/c1-2-24-27(36)5-4-19-10-23(47-39-38)12-25(28(19)24)30-29(37)31-26(14-40-30)32(44-15-18-8-21(44)11-22(45)9-18)42-33(41-31)46-17-34-6-3-7-43(34)16-20(35)13-34/h4-5,10,12,14,18,20-22,45H,2-3,6-9,11,13,15-17H2,1H3/q-1/t18?,20-,21?,22?,34+/m1/s1. The van der Waals surface area contributed by atoms with E-state index < -0.39 is 41.3 Å². The van der Waals surface area contributed by atoms with E-state index in [2.05, 4.69) is 38.4 Å². The molecule has 8 nitrogen and oxygen atoms in total. The topological polar surface area (TPSA) is 83.8 Å². The van der Waals surface area contributed by atoms with Gasteiger partial charge in [-0.05, 0) is 25.8 Å². The Hall–Kier alpha value is -2.24. The molecule has 3 aliphatic heterocycles. The second kappa shape index (κ2) is 12.6. The van der Waals surface area contributed by atoms with Crippen LogP contribution >= 0.6 is 18.6 Å². The monoisotopic (exact) mass is 872 g/mol. The van der Waals surface area contributed by atoms with E-state index in [4.69, 9.17) is 12.8 Å². The molecule has 13 heteroatoms. The number of benzene rings is 2. The minimum absolute atomic E-state index is 0.0333. The fourth-order valence-electron chi connectivity index (χ4n) is 8.70. The van der Waals surface area contributed by atoms with Crippen LogP contribution in [-0.4, -0.2) is 75.1 Å². The second-order valence-corrected chi connectivity index (χ2v) is 16.5. The van der Waals surface area contributed by atoms with Crippen molar-refractivity contribution in [2.75, 3.05) is 31.1 Å². The number of aryl methyl sites for hydroxylation is 1. The van der Waals surface area contributed by atoms with Crippen molar-refractivity contribution >= 4 is 46.1 Å². The van der Waals surface area contributed by atoms with E-state index in [0.717, 1.165) is 37.6 Å². The first-order chi connectivity index (χ1) is 22.8. The van der Waals surface area contributed by atoms with Crippen LogP contribution in [0.3, 0.4) is 0 Å². The molecule has 1 saturated carbocycles. The predicted molar refractivity (Wildman–Crippen MR) is 177 cm³/mol. The number of aliphatic hydroxyl groups excluding tert-OH is 1. The molecule has 2 bridgehead atoms. The number of fused-ring (bicyclic) bond motifs is 5. The zero-order valence-electron chi connectivity index (χ0n) is 25.9. The van der Waals surface area contributed by atoms with E-state index in [1.807, 2.05) is 13.0 Å². The van der Waals surface area contributed by atoms with Crippen molar-refractivity contribution in [2.24, 2.45) is 5.92 Å². The summed E-state index contributed by atoms with van der Waals surface area (Å²) in [7, 11) is 0. The Kier molecular flexibility index (Phi) is 8.56. The second-order valence-electron chi connectivity index (χ2n) is 13.5. The normalized spacial score (nSPS) is 27.3. The molecule has 2 aromatic carbocycles. The molecule has 5 atom stereocenters. The molecule has 250 valence electrons. The van der Waals surface area contributed by atoms with E-state index in [-0.39, 0.29) is 35.7 Å². The number of anilines is 1. The van der Waals surface area contributed by atoms with Gasteiger partial charge in [-0.3, -0.25) is 4.90 Å². The predicted octanol–water partition coefficient (Wildman–Crippen LogP) is 3.72. The fraction of sp³-hybridized carbons (Fsp3) is 0.500. The van der Waals surface area contributed by atoms with Crippen LogP contribution in [0.25, 0.3) is 32.9 Å². The molecule has 3 unspecified atom stereocenters. The molecule has 0 radical (unpaired) electrons. The third-order valence-corrected chi connectivity index (χ3v) is 12.5. The third kappa shape index (κ3) is 5.60. The number of aliphatic hydroxyl groups is 1. The average molecular weight is 872 g/mol. The van der Waals surface area contributed by atoms with Crippen LogP contribution in [0.4, 0.5) is 19.0 Å². The van der Waals surface area contributed by atoms with Gasteiger partial charge in [-0.15, -0.1) is 0 Å². The Labute approximate surface area is 291 Å². The van der Waals surface area contributed by atoms with Crippen LogP contribution in [0, 0.1) is 17.6 Å². The molecule has 3 saturated heterocycles. The van der Waals surface area contributed by atoms with E-state index in [9.17, 15) is 9.50 Å². The molecule has 2 aromatic heterocycles. The van der Waals surface area contributed by atoms with Gasteiger partial charge in [-0.2, -0.15) is 0 Å². The molecule has 47 heavy (non-hydrogen) atoms. The third-order valence-electron chi connectivity index (χ3n) is 10.7. The van der Waals surface area contributed by atoms with Crippen molar-refractivity contribution in [3.05, 3.63) is 47.7 Å². The number of nitrogens with zero attached hydrogens (tertiary/aromatic N) is 5. The molecular formula is C34H35F3I2N5O3-. The summed E-state index contributed by atoms with van der Waals surface area (Å²) in [6.45, 7) is 3.99. The fourth-order valence-corrected chi connectivity index (χ4v) is 10.4. The SMILES string of the molecule is CCc1c(F)ccc2cc(O[I-]I)cc(-c3ncc4c(N5CC6CC(O)CC5C6)nc(OC[C@@]56CCCN5C[C@H](F)C6)nc4c3F)c12. The van der Waals surface area contributed by atoms with Gasteiger partial charge in [0.2, 0.25) is 0 Å². The van der Waals surface area contributed by atoms with Crippen LogP contribution in [0.5, 0.6) is 11.8 Å². The number of pyridine rings is 1. The van der Waals surface area contributed by atoms with Crippen LogP contribution in [-0.2, 0) is 6.42 Å². The Bertz CT molecular complexity index is 1870. The molecule has 4 fully saturated rings. The zero-order chi connectivity index (χ0) is 32.4. The van der Waals surface area contributed by atoms with E-state index in [1.54, 1.807) is 18.3 Å². The first-order valence-electron chi connectivity index (χ1n) is 16.3. The van der Waals surface area contributed by atoms with E-state index in [1.165, 1.54) is 6.07 Å². The van der Waals surface area contributed by atoms with Crippen molar-refractivity contribution in [3.8, 4) is 23.0 Å². The Morgan fingerprint density at radius 3 is 2.85 bits per heavy atom. The van der Waals surface area contributed by atoms with Gasteiger partial charge in [0.15, 0.2) is 0 Å². The molecule has 1 N–H and O–H groups in total. The van der Waals surface area contributed by atoms with Crippen molar-refractivity contribution in [1.82, 2.24) is 19.9 Å². The number of halogens is 5. The molecule has 5 heterocycles. The molecule has 4 aliphatic rings. The Morgan fingerprint density at radius 1 is 1.15 bits per heavy atom. The van der Waals surface area contributed by atoms with Gasteiger partial charge in [-0.1, -0.05) is 0 Å². The van der Waals surface area contributed by atoms with Crippen molar-refractivity contribution < 1.29 is 43.7 Å². The summed E-state index contributed by atoms with van der Waals surface area (Å²) in [5.74, 6) is 0.388. The number of ether oxygens (including phenoxy) is 1. The van der Waals surface area contributed by atoms with Crippen molar-refractivity contribution in [3.63, 3.8) is 0 Å². The molecular weight excluding hydrogens is 837 g/mol. The van der Waals surface area contributed by atoms with E-state index in [0.29, 0.717) is 71.7 Å². The summed E-state index contributed by atoms with van der Waals surface area (Å²) in [5, 5.41) is 12.3. The van der Waals surface area contributed by atoms with Gasteiger partial charge in [0.1, 0.15) is 6.17 Å². The molecule has 0 spiro atoms. The maximum absolute atomic E-state index is 17.1. The quantitative estimate of drug-likeness (QED) is 0.269. The molecule has 0 amide bonds. The van der Waals surface area contributed by atoms with Crippen LogP contribution in [0.15, 0.2) is 30.5 Å². The molecule has 4 aromatic rings. The first-order valence-corrected chi connectivity index (χ1v) is 23.4. The number of hydrogen-bond acceptors (Lipinski definition) is 8. The Morgan fingerprint density at radius 2 is 2.02 bits per heavy atom. The summed E-state index contributed by atoms with van der Waals surface area (Å²) >= 11 is 1.60. The number of aromatic nitrogens is 3. The van der Waals surface area contributed by atoms with Crippen LogP contribution < -0.4 is 30.3 Å². The van der Waals surface area contributed by atoms with Gasteiger partial charge in [-0.25, -0.2) is 4.39 Å². The van der Waals surface area contributed by atoms with Gasteiger partial charge in [0.25, 0.3) is 0 Å². The molecule has 8 rings (SSSR count). The minimum atomic E-state index is -0.907. The molecule has 1 aliphatic carbocycles. The van der Waals surface area contributed by atoms with Gasteiger partial charge < -0.3 is 5.11 Å². The Balaban J connectivity index is 1.29. The summed E-state index contributed by atoms with van der Waals surface area (Å²) in [4.78, 5) is 18.5. The summed E-state index contributed by atoms with van der Waals surface area (Å²) < 4.78 is 59.0. The first kappa shape index (κ1) is 32.0. The summed E-state index contributed by atoms with van der Waals surface area (Å²) in [6, 6.07) is 6.80. The zero-order valence-corrected chi connectivity index (χ0v) is 30.2. The van der Waals surface area contributed by atoms with Gasteiger partial charge >= 0.3 is 228 Å². The summed E-state index contributed by atoms with van der Waals surface area (Å²) in [5.41, 5.74) is 0.596. The number of rotatable bonds is 8. The van der Waals surface area contributed by atoms with Gasteiger partial charge in [0, 0.05) is 13.0 Å². The van der Waals surface area contributed by atoms with E-state index >= 15 is 8.78 Å². The van der Waals surface area contributed by atoms with Crippen LogP contribution in [0.1, 0.15) is 51.0 Å². The van der Waals surface area contributed by atoms with Crippen molar-refractivity contribution in [1.29, 1.82) is 0 Å². The average Bonchev–Trinajstić information content (AvgIpc) is 3.68. The maximum atomic E-state index is 17.1. The summed E-state index contributed by atoms with van der Waals surface area (Å²) in [6.07, 6.45) is 5.15. The van der Waals surface area contributed by atoms with Crippen LogP contribution in [0.2, 0.25) is 0 Å².